The van der Waals surface area contributed by atoms with Gasteiger partial charge in [-0.3, -0.25) is 0 Å². The highest BCUT2D eigenvalue weighted by molar-refractivity contribution is 5.45. The predicted molar refractivity (Wildman–Crippen MR) is 220 cm³/mol. The topological polar surface area (TPSA) is 52.0 Å². The van der Waals surface area contributed by atoms with Crippen molar-refractivity contribution in [3.8, 4) is 0 Å². The van der Waals surface area contributed by atoms with Crippen LogP contribution in [0.2, 0.25) is 0 Å². The second-order valence-electron chi connectivity index (χ2n) is 16.6. The van der Waals surface area contributed by atoms with Crippen LogP contribution in [0.15, 0.2) is 97.1 Å². The lowest BCUT2D eigenvalue weighted by atomic mass is 9.62. The summed E-state index contributed by atoms with van der Waals surface area (Å²) in [6.45, 7) is 2.31. The lowest BCUT2D eigenvalue weighted by Gasteiger charge is -2.42. The number of hydrogen-bond donors (Lipinski definition) is 2. The summed E-state index contributed by atoms with van der Waals surface area (Å²) in [5.74, 6) is 2.87. The molecule has 0 saturated heterocycles. The van der Waals surface area contributed by atoms with Gasteiger partial charge in [-0.15, -0.1) is 0 Å². The van der Waals surface area contributed by atoms with Gasteiger partial charge >= 0.3 is 0 Å². The second kappa shape index (κ2) is 18.8. The molecule has 0 radical (unpaired) electrons. The Kier molecular flexibility index (Phi) is 13.7. The van der Waals surface area contributed by atoms with Crippen LogP contribution in [0.3, 0.4) is 0 Å². The Balaban J connectivity index is 1.05. The molecule has 4 N–H and O–H groups in total. The van der Waals surface area contributed by atoms with Crippen LogP contribution in [0, 0.1) is 17.8 Å². The van der Waals surface area contributed by atoms with Crippen molar-refractivity contribution in [3.63, 3.8) is 0 Å². The number of anilines is 2. The molecule has 2 aliphatic rings. The van der Waals surface area contributed by atoms with E-state index >= 15 is 0 Å². The average molecular weight is 683 g/mol. The lowest BCUT2D eigenvalue weighted by Crippen LogP contribution is -2.33. The van der Waals surface area contributed by atoms with Crippen LogP contribution in [0.5, 0.6) is 0 Å². The molecule has 4 aromatic carbocycles. The van der Waals surface area contributed by atoms with Crippen LogP contribution >= 0.6 is 0 Å². The van der Waals surface area contributed by atoms with Crippen molar-refractivity contribution in [2.24, 2.45) is 17.8 Å². The highest BCUT2D eigenvalue weighted by atomic mass is 14.5. The molecule has 0 spiro atoms. The average Bonchev–Trinajstić information content (AvgIpc) is 3.17. The number of nitrogen functional groups attached to an aromatic ring is 2. The summed E-state index contributed by atoms with van der Waals surface area (Å²) in [7, 11) is 0. The molecule has 2 heteroatoms. The van der Waals surface area contributed by atoms with E-state index < -0.39 is 0 Å². The van der Waals surface area contributed by atoms with Gasteiger partial charge in [0.05, 0.1) is 0 Å². The van der Waals surface area contributed by atoms with Gasteiger partial charge in [-0.1, -0.05) is 170 Å². The van der Waals surface area contributed by atoms with Crippen LogP contribution < -0.4 is 11.5 Å². The zero-order valence-corrected chi connectivity index (χ0v) is 31.8. The maximum atomic E-state index is 5.94. The molecule has 6 rings (SSSR count). The minimum Gasteiger partial charge on any atom is -0.399 e. The molecule has 2 fully saturated rings. The molecular weight excluding hydrogens is 617 g/mol. The molecule has 51 heavy (non-hydrogen) atoms. The highest BCUT2D eigenvalue weighted by Crippen LogP contribution is 2.48. The van der Waals surface area contributed by atoms with E-state index in [-0.39, 0.29) is 5.41 Å². The zero-order chi connectivity index (χ0) is 35.3. The standard InChI is InChI=1S/C49H66N2/c1-2-3-4-5-6-7-8-9-38-10-12-39(13-11-38)14-15-40-32-34-49(35-33-40,45-24-16-41(17-25-45)36-43-20-28-47(50)29-21-43)46-26-18-42(19-27-46)37-44-22-30-48(51)31-23-44/h16-31,38-40H,2-15,32-37,50-51H2,1H3/t38-,39-. The van der Waals surface area contributed by atoms with Crippen LogP contribution in [-0.4, -0.2) is 0 Å². The van der Waals surface area contributed by atoms with Gasteiger partial charge in [0.1, 0.15) is 0 Å². The summed E-state index contributed by atoms with van der Waals surface area (Å²) in [4.78, 5) is 0. The number of unbranched alkanes of at least 4 members (excludes halogenated alkanes) is 6. The molecule has 2 aliphatic carbocycles. The molecule has 0 aromatic heterocycles. The summed E-state index contributed by atoms with van der Waals surface area (Å²) in [5, 5.41) is 0. The van der Waals surface area contributed by atoms with Crippen LogP contribution in [-0.2, 0) is 18.3 Å². The first kappa shape index (κ1) is 37.2. The van der Waals surface area contributed by atoms with E-state index in [9.17, 15) is 0 Å². The first-order valence-electron chi connectivity index (χ1n) is 20.9. The largest absolute Gasteiger partial charge is 0.399 e. The summed E-state index contributed by atoms with van der Waals surface area (Å²) >= 11 is 0. The molecule has 0 atom stereocenters. The van der Waals surface area contributed by atoms with E-state index in [1.807, 2.05) is 24.3 Å². The van der Waals surface area contributed by atoms with Crippen LogP contribution in [0.25, 0.3) is 0 Å². The Morgan fingerprint density at radius 3 is 1.22 bits per heavy atom. The van der Waals surface area contributed by atoms with Crippen molar-refractivity contribution in [3.05, 3.63) is 130 Å². The van der Waals surface area contributed by atoms with Gasteiger partial charge in [0.2, 0.25) is 0 Å². The Labute approximate surface area is 310 Å². The Hall–Kier alpha value is -3.52. The summed E-state index contributed by atoms with van der Waals surface area (Å²) < 4.78 is 0. The number of hydrogen-bond acceptors (Lipinski definition) is 2. The number of rotatable bonds is 17. The van der Waals surface area contributed by atoms with Gasteiger partial charge < -0.3 is 11.5 Å². The molecule has 0 aliphatic heterocycles. The minimum absolute atomic E-state index is 0.0873. The van der Waals surface area contributed by atoms with Crippen LogP contribution in [0.4, 0.5) is 11.4 Å². The molecule has 0 amide bonds. The third kappa shape index (κ3) is 10.8. The quantitative estimate of drug-likeness (QED) is 0.0860. The Bertz CT molecular complexity index is 1460. The molecule has 2 saturated carbocycles. The van der Waals surface area contributed by atoms with E-state index in [1.165, 1.54) is 149 Å². The Morgan fingerprint density at radius 2 is 0.784 bits per heavy atom. The molecule has 0 bridgehead atoms. The predicted octanol–water partition coefficient (Wildman–Crippen LogP) is 13.2. The third-order valence-corrected chi connectivity index (χ3v) is 12.9. The smallest absolute Gasteiger partial charge is 0.0314 e. The van der Waals surface area contributed by atoms with Gasteiger partial charge in [0.15, 0.2) is 0 Å². The molecule has 4 aromatic rings. The zero-order valence-electron chi connectivity index (χ0n) is 31.8. The van der Waals surface area contributed by atoms with Crippen molar-refractivity contribution in [2.75, 3.05) is 11.5 Å². The van der Waals surface area contributed by atoms with Gasteiger partial charge in [-0.2, -0.15) is 0 Å². The van der Waals surface area contributed by atoms with Crippen molar-refractivity contribution in [1.29, 1.82) is 0 Å². The first-order valence-corrected chi connectivity index (χ1v) is 20.9. The number of nitrogens with two attached hydrogens (primary N) is 2. The second-order valence-corrected chi connectivity index (χ2v) is 16.6. The summed E-state index contributed by atoms with van der Waals surface area (Å²) in [6, 6.07) is 35.9. The SMILES string of the molecule is CCCCCCCCC[C@H]1CC[C@H](CCC2CCC(c3ccc(Cc4ccc(N)cc4)cc3)(c3ccc(Cc4ccc(N)cc4)cc3)CC2)CC1. The van der Waals surface area contributed by atoms with Crippen molar-refractivity contribution in [1.82, 2.24) is 0 Å². The summed E-state index contributed by atoms with van der Waals surface area (Å²) in [6.07, 6.45) is 27.5. The lowest BCUT2D eigenvalue weighted by molar-refractivity contribution is 0.208. The maximum Gasteiger partial charge on any atom is 0.0314 e. The van der Waals surface area contributed by atoms with E-state index in [0.717, 1.165) is 42.0 Å². The molecular formula is C49H66N2. The fraction of sp³-hybridized carbons (Fsp3) is 0.510. The van der Waals surface area contributed by atoms with Gasteiger partial charge in [-0.05, 0) is 114 Å². The molecule has 0 heterocycles. The monoisotopic (exact) mass is 683 g/mol. The molecule has 2 nitrogen and oxygen atoms in total. The maximum absolute atomic E-state index is 5.94. The van der Waals surface area contributed by atoms with Gasteiger partial charge in [0, 0.05) is 16.8 Å². The van der Waals surface area contributed by atoms with E-state index in [4.69, 9.17) is 11.5 Å². The first-order chi connectivity index (χ1) is 25.0. The van der Waals surface area contributed by atoms with Crippen LogP contribution in [0.1, 0.15) is 156 Å². The number of benzene rings is 4. The molecule has 0 unspecified atom stereocenters. The van der Waals surface area contributed by atoms with Gasteiger partial charge in [0.25, 0.3) is 0 Å². The van der Waals surface area contributed by atoms with Gasteiger partial charge in [-0.25, -0.2) is 0 Å². The summed E-state index contributed by atoms with van der Waals surface area (Å²) in [5.41, 5.74) is 22.0. The van der Waals surface area contributed by atoms with E-state index in [0.29, 0.717) is 0 Å². The fourth-order valence-corrected chi connectivity index (χ4v) is 9.50. The minimum atomic E-state index is 0.0873. The highest BCUT2D eigenvalue weighted by Gasteiger charge is 2.38. The van der Waals surface area contributed by atoms with Crippen molar-refractivity contribution >= 4 is 11.4 Å². The third-order valence-electron chi connectivity index (χ3n) is 12.9. The Morgan fingerprint density at radius 1 is 0.431 bits per heavy atom. The van der Waals surface area contributed by atoms with E-state index in [2.05, 4.69) is 79.7 Å². The normalized spacial score (nSPS) is 19.2. The van der Waals surface area contributed by atoms with E-state index in [1.54, 1.807) is 0 Å². The van der Waals surface area contributed by atoms with Crippen molar-refractivity contribution < 1.29 is 0 Å². The molecule has 272 valence electrons. The fourth-order valence-electron chi connectivity index (χ4n) is 9.50. The van der Waals surface area contributed by atoms with Crippen molar-refractivity contribution in [2.45, 2.75) is 141 Å².